The number of benzene rings is 4. The number of aromatic nitrogens is 1. The van der Waals surface area contributed by atoms with Gasteiger partial charge >= 0.3 is 12.6 Å². The van der Waals surface area contributed by atoms with Crippen molar-refractivity contribution in [3.8, 4) is 39.5 Å². The first-order valence-electron chi connectivity index (χ1n) is 18.4. The van der Waals surface area contributed by atoms with Crippen molar-refractivity contribution >= 4 is 29.1 Å². The van der Waals surface area contributed by atoms with Crippen LogP contribution in [0.5, 0.6) is 17.2 Å². The Labute approximate surface area is 334 Å². The van der Waals surface area contributed by atoms with Gasteiger partial charge in [-0.3, -0.25) is 14.8 Å². The van der Waals surface area contributed by atoms with Crippen LogP contribution in [-0.2, 0) is 24.6 Å². The molecule has 1 aliphatic rings. The number of carbonyl (C=O) groups is 1. The van der Waals surface area contributed by atoms with E-state index in [-0.39, 0.29) is 38.5 Å². The molecular formula is C43H44ClF2N5O6. The predicted molar refractivity (Wildman–Crippen MR) is 217 cm³/mol. The van der Waals surface area contributed by atoms with Crippen LogP contribution in [0.25, 0.3) is 22.3 Å². The normalized spacial score (nSPS) is 12.9. The molecular weight excluding hydrogens is 756 g/mol. The van der Waals surface area contributed by atoms with Crippen molar-refractivity contribution in [1.29, 1.82) is 0 Å². The number of anilines is 1. The summed E-state index contributed by atoms with van der Waals surface area (Å²) in [6, 6.07) is 22.6. The second-order valence-corrected chi connectivity index (χ2v) is 13.9. The van der Waals surface area contributed by atoms with E-state index in [0.717, 1.165) is 50.2 Å². The summed E-state index contributed by atoms with van der Waals surface area (Å²) in [6.45, 7) is 2.95. The van der Waals surface area contributed by atoms with Gasteiger partial charge in [0.2, 0.25) is 0 Å². The van der Waals surface area contributed by atoms with Crippen molar-refractivity contribution in [3.05, 3.63) is 124 Å². The summed E-state index contributed by atoms with van der Waals surface area (Å²) in [5.74, 6) is 0.393. The van der Waals surface area contributed by atoms with Crippen LogP contribution < -0.4 is 30.2 Å². The van der Waals surface area contributed by atoms with Crippen LogP contribution in [0.1, 0.15) is 39.8 Å². The number of rotatable bonds is 18. The number of carboxylic acids is 1. The number of aliphatic hydroxyl groups excluding tert-OH is 1. The van der Waals surface area contributed by atoms with Crippen LogP contribution in [0, 0.1) is 13.8 Å². The van der Waals surface area contributed by atoms with E-state index in [1.165, 1.54) is 0 Å². The lowest BCUT2D eigenvalue weighted by Crippen LogP contribution is -2.28. The summed E-state index contributed by atoms with van der Waals surface area (Å²) in [5.41, 5.74) is 9.29. The van der Waals surface area contributed by atoms with Crippen LogP contribution >= 0.6 is 11.6 Å². The van der Waals surface area contributed by atoms with Crippen molar-refractivity contribution in [1.82, 2.24) is 15.6 Å². The number of hydrogen-bond donors (Lipinski definition) is 5. The van der Waals surface area contributed by atoms with Crippen LogP contribution in [0.2, 0.25) is 5.02 Å². The highest BCUT2D eigenvalue weighted by Crippen LogP contribution is 2.38. The monoisotopic (exact) mass is 799 g/mol. The molecule has 14 heteroatoms. The zero-order chi connectivity index (χ0) is 40.5. The third-order valence-corrected chi connectivity index (χ3v) is 9.89. The van der Waals surface area contributed by atoms with Gasteiger partial charge in [-0.15, -0.1) is 0 Å². The van der Waals surface area contributed by atoms with Gasteiger partial charge in [0, 0.05) is 56.3 Å². The Morgan fingerprint density at radius 3 is 2.39 bits per heavy atom. The summed E-state index contributed by atoms with van der Waals surface area (Å²) >= 11 is 6.77. The smallest absolute Gasteiger partial charge is 0.387 e. The second-order valence-electron chi connectivity index (χ2n) is 13.5. The van der Waals surface area contributed by atoms with Gasteiger partial charge in [0.1, 0.15) is 36.3 Å². The summed E-state index contributed by atoms with van der Waals surface area (Å²) in [5, 5.41) is 28.7. The number of pyridine rings is 1. The molecule has 0 spiro atoms. The van der Waals surface area contributed by atoms with Gasteiger partial charge in [-0.05, 0) is 77.1 Å². The lowest BCUT2D eigenvalue weighted by molar-refractivity contribution is -0.139. The van der Waals surface area contributed by atoms with Gasteiger partial charge in [0.05, 0.1) is 35.3 Å². The van der Waals surface area contributed by atoms with E-state index >= 15 is 0 Å². The van der Waals surface area contributed by atoms with Crippen molar-refractivity contribution in [2.24, 2.45) is 4.99 Å². The van der Waals surface area contributed by atoms with E-state index in [2.05, 4.69) is 25.9 Å². The van der Waals surface area contributed by atoms with E-state index in [4.69, 9.17) is 30.9 Å². The Balaban J connectivity index is 1.24. The zero-order valence-electron chi connectivity index (χ0n) is 31.7. The molecule has 4 aromatic carbocycles. The fourth-order valence-corrected chi connectivity index (χ4v) is 6.90. The van der Waals surface area contributed by atoms with Gasteiger partial charge in [-0.1, -0.05) is 54.1 Å². The third kappa shape index (κ3) is 10.4. The number of ether oxygens (including phenoxy) is 3. The van der Waals surface area contributed by atoms with Crippen molar-refractivity contribution in [3.63, 3.8) is 0 Å². The summed E-state index contributed by atoms with van der Waals surface area (Å²) in [6.07, 6.45) is 1.97. The second kappa shape index (κ2) is 18.9. The first kappa shape index (κ1) is 40.9. The molecule has 1 aromatic heterocycles. The Hall–Kier alpha value is -5.76. The average molecular weight is 800 g/mol. The van der Waals surface area contributed by atoms with E-state index in [1.54, 1.807) is 43.7 Å². The van der Waals surface area contributed by atoms with Gasteiger partial charge < -0.3 is 40.4 Å². The minimum absolute atomic E-state index is 0.0573. The van der Waals surface area contributed by atoms with Gasteiger partial charge in [-0.2, -0.15) is 8.78 Å². The highest BCUT2D eigenvalue weighted by molar-refractivity contribution is 6.32. The predicted octanol–water partition coefficient (Wildman–Crippen LogP) is 7.76. The highest BCUT2D eigenvalue weighted by atomic mass is 35.5. The lowest BCUT2D eigenvalue weighted by atomic mass is 9.89. The fourth-order valence-electron chi connectivity index (χ4n) is 6.66. The number of nitrogens with one attached hydrogen (secondary N) is 3. The molecule has 2 heterocycles. The Kier molecular flexibility index (Phi) is 13.6. The summed E-state index contributed by atoms with van der Waals surface area (Å²) < 4.78 is 44.5. The fraction of sp³-hybridized carbons (Fsp3) is 0.279. The summed E-state index contributed by atoms with van der Waals surface area (Å²) in [4.78, 5) is 19.7. The minimum atomic E-state index is -2.99. The Bertz CT molecular complexity index is 2250. The van der Waals surface area contributed by atoms with Gasteiger partial charge in [0.15, 0.2) is 0 Å². The molecule has 5 aromatic rings. The molecule has 0 unspecified atom stereocenters. The van der Waals surface area contributed by atoms with Gasteiger partial charge in [-0.25, -0.2) is 0 Å². The molecule has 6 rings (SSSR count). The van der Waals surface area contributed by atoms with Crippen LogP contribution in [-0.4, -0.2) is 66.4 Å². The van der Waals surface area contributed by atoms with Crippen LogP contribution in [0.4, 0.5) is 14.5 Å². The number of alkyl halides is 2. The number of halogens is 3. The van der Waals surface area contributed by atoms with E-state index in [0.29, 0.717) is 46.6 Å². The molecule has 0 amide bonds. The first-order chi connectivity index (χ1) is 27.5. The van der Waals surface area contributed by atoms with Gasteiger partial charge in [0.25, 0.3) is 0 Å². The number of nitrogens with zero attached hydrogens (tertiary/aromatic N) is 2. The molecule has 0 radical (unpaired) electrons. The van der Waals surface area contributed by atoms with E-state index in [9.17, 15) is 18.7 Å². The largest absolute Gasteiger partial charge is 0.488 e. The number of aliphatic carboxylic acids is 1. The van der Waals surface area contributed by atoms with E-state index < -0.39 is 18.7 Å². The summed E-state index contributed by atoms with van der Waals surface area (Å²) in [7, 11) is 1.81. The highest BCUT2D eigenvalue weighted by Gasteiger charge is 2.20. The topological polar surface area (TPSA) is 147 Å². The van der Waals surface area contributed by atoms with Crippen molar-refractivity contribution in [2.45, 2.75) is 52.7 Å². The van der Waals surface area contributed by atoms with Crippen molar-refractivity contribution in [2.75, 3.05) is 32.0 Å². The van der Waals surface area contributed by atoms with E-state index in [1.807, 2.05) is 62.4 Å². The quantitative estimate of drug-likeness (QED) is 0.0596. The SMILES string of the molecule is CNc1cncc(COc2cc(OCc3cccc(-c4cccc(-c5ccc(C6=NCCN6)c(OC(F)F)c5)c4C)c3C)c(Cl)cc2CNC[C@@H](O)CC(=O)O)c1. The molecule has 11 nitrogen and oxygen atoms in total. The zero-order valence-corrected chi connectivity index (χ0v) is 32.5. The molecule has 1 aliphatic heterocycles. The Morgan fingerprint density at radius 1 is 0.895 bits per heavy atom. The van der Waals surface area contributed by atoms with Crippen LogP contribution in [0.3, 0.4) is 0 Å². The molecule has 0 saturated carbocycles. The molecule has 0 saturated heterocycles. The maximum absolute atomic E-state index is 13.5. The number of carboxylic acid groups (broad SMARTS) is 1. The standard InChI is InChI=1S/C43H44ClF2N5O6/c1-25-29(6-4-8-34(25)35-9-5-7-33(26(35)2)28-10-11-36(42-50-12-13-51-42)39(16-28)57-43(45)46)24-56-40-18-38(55-23-27-14-31(47-3)21-48-19-27)30(15-37(40)44)20-49-22-32(52)17-41(53)54/h4-11,14-16,18-19,21,32,43,47,49,52H,12-13,17,20,22-24H2,1-3H3,(H,50,51)(H,53,54)/t32-/m0/s1. The maximum Gasteiger partial charge on any atom is 0.387 e. The van der Waals surface area contributed by atoms with Crippen molar-refractivity contribution < 1.29 is 38.0 Å². The number of aliphatic imine (C=N–C) groups is 1. The lowest BCUT2D eigenvalue weighted by Gasteiger charge is -2.19. The molecule has 57 heavy (non-hydrogen) atoms. The molecule has 298 valence electrons. The number of amidine groups is 1. The number of hydrogen-bond acceptors (Lipinski definition) is 10. The molecule has 0 bridgehead atoms. The minimum Gasteiger partial charge on any atom is -0.488 e. The first-order valence-corrected chi connectivity index (χ1v) is 18.7. The maximum atomic E-state index is 13.5. The molecule has 0 aliphatic carbocycles. The average Bonchev–Trinajstić information content (AvgIpc) is 3.72. The molecule has 0 fully saturated rings. The molecule has 5 N–H and O–H groups in total. The third-order valence-electron chi connectivity index (χ3n) is 9.59. The number of aliphatic hydroxyl groups is 1. The molecule has 1 atom stereocenters. The Morgan fingerprint density at radius 2 is 1.65 bits per heavy atom. The van der Waals surface area contributed by atoms with Crippen LogP contribution in [0.15, 0.2) is 90.2 Å².